The van der Waals surface area contributed by atoms with Crippen molar-refractivity contribution in [2.45, 2.75) is 6.54 Å². The number of halogens is 1. The van der Waals surface area contributed by atoms with Gasteiger partial charge in [-0.3, -0.25) is 9.59 Å². The topological polar surface area (TPSA) is 70.0 Å². The largest absolute Gasteiger partial charge is 0.399 e. The van der Waals surface area contributed by atoms with E-state index in [1.54, 1.807) is 31.6 Å². The second-order valence-electron chi connectivity index (χ2n) is 4.04. The Bertz CT molecular complexity index is 683. The number of anilines is 1. The van der Waals surface area contributed by atoms with Crippen molar-refractivity contribution in [2.75, 3.05) is 5.73 Å². The molecule has 5 nitrogen and oxygen atoms in total. The van der Waals surface area contributed by atoms with Gasteiger partial charge in [-0.15, -0.1) is 0 Å². The van der Waals surface area contributed by atoms with Gasteiger partial charge in [0.05, 0.1) is 6.54 Å². The highest BCUT2D eigenvalue weighted by molar-refractivity contribution is 9.10. The third-order valence-electron chi connectivity index (χ3n) is 2.57. The van der Waals surface area contributed by atoms with Crippen molar-refractivity contribution in [3.63, 3.8) is 0 Å². The van der Waals surface area contributed by atoms with Gasteiger partial charge in [-0.2, -0.15) is 0 Å². The molecule has 0 aliphatic carbocycles. The molecule has 1 aromatic carbocycles. The zero-order chi connectivity index (χ0) is 13.3. The number of rotatable bonds is 2. The van der Waals surface area contributed by atoms with E-state index >= 15 is 0 Å². The molecule has 0 bridgehead atoms. The van der Waals surface area contributed by atoms with Gasteiger partial charge in [0.2, 0.25) is 0 Å². The number of nitrogens with two attached hydrogens (primary N) is 1. The molecule has 2 aromatic rings. The summed E-state index contributed by atoms with van der Waals surface area (Å²) in [5.41, 5.74) is 6.10. The summed E-state index contributed by atoms with van der Waals surface area (Å²) < 4.78 is 3.46. The third kappa shape index (κ3) is 2.53. The Hall–Kier alpha value is -1.82. The van der Waals surface area contributed by atoms with Crippen LogP contribution in [0.4, 0.5) is 5.69 Å². The molecular weight excluding hydrogens is 298 g/mol. The Morgan fingerprint density at radius 2 is 1.89 bits per heavy atom. The molecule has 2 rings (SSSR count). The molecule has 2 N–H and O–H groups in total. The maximum atomic E-state index is 11.8. The van der Waals surface area contributed by atoms with Gasteiger partial charge in [-0.05, 0) is 23.8 Å². The zero-order valence-electron chi connectivity index (χ0n) is 9.76. The normalized spacial score (nSPS) is 10.6. The van der Waals surface area contributed by atoms with Crippen LogP contribution in [0.5, 0.6) is 0 Å². The zero-order valence-corrected chi connectivity index (χ0v) is 11.3. The standard InChI is InChI=1S/C12H12BrN3O2/c1-15-2-3-16(12(18)11(15)17)7-8-4-9(13)6-10(14)5-8/h2-6H,7,14H2,1H3. The Kier molecular flexibility index (Phi) is 3.38. The quantitative estimate of drug-likeness (QED) is 0.663. The molecule has 0 aliphatic rings. The first-order chi connectivity index (χ1) is 8.47. The average Bonchev–Trinajstić information content (AvgIpc) is 2.29. The fourth-order valence-electron chi connectivity index (χ4n) is 1.68. The molecular formula is C12H12BrN3O2. The molecule has 0 amide bonds. The predicted octanol–water partition coefficient (Wildman–Crippen LogP) is 0.940. The van der Waals surface area contributed by atoms with Gasteiger partial charge >= 0.3 is 11.1 Å². The van der Waals surface area contributed by atoms with E-state index in [9.17, 15) is 9.59 Å². The van der Waals surface area contributed by atoms with Crippen LogP contribution < -0.4 is 16.9 Å². The first-order valence-corrected chi connectivity index (χ1v) is 6.07. The number of aromatic nitrogens is 2. The lowest BCUT2D eigenvalue weighted by Gasteiger charge is -2.07. The smallest absolute Gasteiger partial charge is 0.316 e. The second-order valence-corrected chi connectivity index (χ2v) is 4.96. The first-order valence-electron chi connectivity index (χ1n) is 5.28. The summed E-state index contributed by atoms with van der Waals surface area (Å²) in [6, 6.07) is 5.41. The van der Waals surface area contributed by atoms with Crippen molar-refractivity contribution < 1.29 is 0 Å². The van der Waals surface area contributed by atoms with Crippen molar-refractivity contribution in [1.82, 2.24) is 9.13 Å². The number of aryl methyl sites for hydroxylation is 1. The van der Waals surface area contributed by atoms with E-state index in [4.69, 9.17) is 5.73 Å². The van der Waals surface area contributed by atoms with Gasteiger partial charge in [0, 0.05) is 29.6 Å². The molecule has 6 heteroatoms. The van der Waals surface area contributed by atoms with Crippen molar-refractivity contribution in [1.29, 1.82) is 0 Å². The molecule has 0 aliphatic heterocycles. The number of hydrogen-bond acceptors (Lipinski definition) is 3. The Morgan fingerprint density at radius 3 is 2.56 bits per heavy atom. The molecule has 0 radical (unpaired) electrons. The van der Waals surface area contributed by atoms with Crippen LogP contribution in [0.15, 0.2) is 44.7 Å². The lowest BCUT2D eigenvalue weighted by Crippen LogP contribution is -2.39. The summed E-state index contributed by atoms with van der Waals surface area (Å²) in [6.07, 6.45) is 3.14. The summed E-state index contributed by atoms with van der Waals surface area (Å²) in [5, 5.41) is 0. The molecule has 1 heterocycles. The van der Waals surface area contributed by atoms with E-state index in [0.29, 0.717) is 12.2 Å². The maximum absolute atomic E-state index is 11.8. The van der Waals surface area contributed by atoms with Gasteiger partial charge in [0.1, 0.15) is 0 Å². The van der Waals surface area contributed by atoms with Gasteiger partial charge < -0.3 is 14.9 Å². The highest BCUT2D eigenvalue weighted by atomic mass is 79.9. The Labute approximate surface area is 112 Å². The summed E-state index contributed by atoms with van der Waals surface area (Å²) in [7, 11) is 1.55. The van der Waals surface area contributed by atoms with Crippen LogP contribution in [0, 0.1) is 0 Å². The third-order valence-corrected chi connectivity index (χ3v) is 3.03. The molecule has 0 unspecified atom stereocenters. The summed E-state index contributed by atoms with van der Waals surface area (Å²) >= 11 is 3.34. The van der Waals surface area contributed by atoms with Crippen molar-refractivity contribution in [3.05, 3.63) is 61.3 Å². The van der Waals surface area contributed by atoms with Crippen LogP contribution in [0.3, 0.4) is 0 Å². The van der Waals surface area contributed by atoms with E-state index < -0.39 is 11.1 Å². The fourth-order valence-corrected chi connectivity index (χ4v) is 2.24. The summed E-state index contributed by atoms with van der Waals surface area (Å²) in [4.78, 5) is 23.3. The van der Waals surface area contributed by atoms with Crippen molar-refractivity contribution in [2.24, 2.45) is 7.05 Å². The maximum Gasteiger partial charge on any atom is 0.316 e. The summed E-state index contributed by atoms with van der Waals surface area (Å²) in [6.45, 7) is 0.318. The highest BCUT2D eigenvalue weighted by Gasteiger charge is 2.04. The molecule has 0 saturated heterocycles. The van der Waals surface area contributed by atoms with E-state index in [0.717, 1.165) is 10.0 Å². The second kappa shape index (κ2) is 4.81. The number of nitrogen functional groups attached to an aromatic ring is 1. The average molecular weight is 310 g/mol. The molecule has 0 saturated carbocycles. The van der Waals surface area contributed by atoms with Gasteiger partial charge in [0.15, 0.2) is 0 Å². The lowest BCUT2D eigenvalue weighted by atomic mass is 10.2. The van der Waals surface area contributed by atoms with Crippen LogP contribution in [-0.2, 0) is 13.6 Å². The minimum Gasteiger partial charge on any atom is -0.399 e. The van der Waals surface area contributed by atoms with Crippen LogP contribution in [-0.4, -0.2) is 9.13 Å². The van der Waals surface area contributed by atoms with Crippen LogP contribution in [0.1, 0.15) is 5.56 Å². The molecule has 18 heavy (non-hydrogen) atoms. The lowest BCUT2D eigenvalue weighted by molar-refractivity contribution is 0.695. The minimum atomic E-state index is -0.543. The number of nitrogens with zero attached hydrogens (tertiary/aromatic N) is 2. The van der Waals surface area contributed by atoms with E-state index in [1.807, 2.05) is 6.07 Å². The van der Waals surface area contributed by atoms with Crippen LogP contribution in [0.25, 0.3) is 0 Å². The molecule has 1 aromatic heterocycles. The van der Waals surface area contributed by atoms with Crippen LogP contribution in [0.2, 0.25) is 0 Å². The van der Waals surface area contributed by atoms with Crippen molar-refractivity contribution in [3.8, 4) is 0 Å². The molecule has 94 valence electrons. The molecule has 0 fully saturated rings. The highest BCUT2D eigenvalue weighted by Crippen LogP contribution is 2.17. The first kappa shape index (κ1) is 12.6. The van der Waals surface area contributed by atoms with E-state index in [1.165, 1.54) is 9.13 Å². The Balaban J connectivity index is 2.44. The SMILES string of the molecule is Cn1ccn(Cc2cc(N)cc(Br)c2)c(=O)c1=O. The Morgan fingerprint density at radius 1 is 1.17 bits per heavy atom. The number of benzene rings is 1. The van der Waals surface area contributed by atoms with Crippen molar-refractivity contribution >= 4 is 21.6 Å². The monoisotopic (exact) mass is 309 g/mol. The van der Waals surface area contributed by atoms with Gasteiger partial charge in [0.25, 0.3) is 0 Å². The van der Waals surface area contributed by atoms with E-state index in [2.05, 4.69) is 15.9 Å². The summed E-state index contributed by atoms with van der Waals surface area (Å²) in [5.74, 6) is 0. The number of hydrogen-bond donors (Lipinski definition) is 1. The van der Waals surface area contributed by atoms with Crippen LogP contribution >= 0.6 is 15.9 Å². The van der Waals surface area contributed by atoms with E-state index in [-0.39, 0.29) is 0 Å². The minimum absolute atomic E-state index is 0.318. The fraction of sp³-hybridized carbons (Fsp3) is 0.167. The molecule has 0 spiro atoms. The van der Waals surface area contributed by atoms with Gasteiger partial charge in [-0.1, -0.05) is 15.9 Å². The predicted molar refractivity (Wildman–Crippen MR) is 73.6 cm³/mol. The molecule has 0 atom stereocenters. The van der Waals surface area contributed by atoms with Gasteiger partial charge in [-0.25, -0.2) is 0 Å².